The van der Waals surface area contributed by atoms with Crippen LogP contribution in [0.25, 0.3) is 10.9 Å². The largest absolute Gasteiger partial charge is 0.361 e. The molecule has 4 aromatic carbocycles. The fraction of sp³-hybridized carbons (Fsp3) is 0.176. The van der Waals surface area contributed by atoms with Crippen LogP contribution >= 0.6 is 0 Å². The summed E-state index contributed by atoms with van der Waals surface area (Å²) in [6, 6.07) is 27.2. The maximum atomic E-state index is 14.0. The summed E-state index contributed by atoms with van der Waals surface area (Å²) in [5, 5.41) is 1.11. The van der Waals surface area contributed by atoms with Crippen molar-refractivity contribution < 1.29 is 18.4 Å². The summed E-state index contributed by atoms with van der Waals surface area (Å²) in [5.74, 6) is -1.65. The number of aromatic amines is 1. The first-order valence-electron chi connectivity index (χ1n) is 13.5. The van der Waals surface area contributed by atoms with E-state index in [4.69, 9.17) is 0 Å². The zero-order chi connectivity index (χ0) is 28.8. The molecule has 5 nitrogen and oxygen atoms in total. The highest BCUT2D eigenvalue weighted by atomic mass is 19.1. The summed E-state index contributed by atoms with van der Waals surface area (Å²) in [7, 11) is 0. The summed E-state index contributed by atoms with van der Waals surface area (Å²) in [6.07, 6.45) is 2.59. The number of amides is 2. The van der Waals surface area contributed by atoms with Gasteiger partial charge in [-0.25, -0.2) is 8.78 Å². The van der Waals surface area contributed by atoms with Crippen LogP contribution in [0.5, 0.6) is 0 Å². The summed E-state index contributed by atoms with van der Waals surface area (Å²) in [6.45, 7) is 2.68. The van der Waals surface area contributed by atoms with E-state index in [9.17, 15) is 18.4 Å². The van der Waals surface area contributed by atoms with Crippen molar-refractivity contribution in [3.63, 3.8) is 0 Å². The fourth-order valence-electron chi connectivity index (χ4n) is 4.88. The third kappa shape index (κ3) is 7.06. The lowest BCUT2D eigenvalue weighted by Gasteiger charge is -2.28. The van der Waals surface area contributed by atoms with Gasteiger partial charge in [0, 0.05) is 42.3 Å². The van der Waals surface area contributed by atoms with Gasteiger partial charge in [-0.05, 0) is 66.4 Å². The smallest absolute Gasteiger partial charge is 0.254 e. The molecule has 208 valence electrons. The molecule has 0 fully saturated rings. The van der Waals surface area contributed by atoms with Crippen LogP contribution in [-0.4, -0.2) is 39.7 Å². The standard InChI is InChI=1S/C34H31F2N3O2/c1-24-9-11-25(12-10-24)21-38(18-17-28-20-37-32-8-3-2-7-31(28)32)33(40)23-39(22-26-13-15-29(35)16-14-26)34(41)27-5-4-6-30(36)19-27/h2-16,19-20,37H,17-18,21-23H2,1H3. The summed E-state index contributed by atoms with van der Waals surface area (Å²) >= 11 is 0. The zero-order valence-corrected chi connectivity index (χ0v) is 22.8. The minimum atomic E-state index is -0.538. The molecular weight excluding hydrogens is 520 g/mol. The number of aromatic nitrogens is 1. The van der Waals surface area contributed by atoms with Gasteiger partial charge in [0.2, 0.25) is 5.91 Å². The van der Waals surface area contributed by atoms with Crippen LogP contribution in [0.1, 0.15) is 32.6 Å². The highest BCUT2D eigenvalue weighted by Crippen LogP contribution is 2.20. The second kappa shape index (κ2) is 12.6. The average Bonchev–Trinajstić information content (AvgIpc) is 3.39. The SMILES string of the molecule is Cc1ccc(CN(CCc2c[nH]c3ccccc23)C(=O)CN(Cc2ccc(F)cc2)C(=O)c2cccc(F)c2)cc1. The van der Waals surface area contributed by atoms with Crippen molar-refractivity contribution in [3.05, 3.63) is 143 Å². The number of para-hydroxylation sites is 1. The molecule has 5 rings (SSSR count). The van der Waals surface area contributed by atoms with Gasteiger partial charge in [0.15, 0.2) is 0 Å². The number of hydrogen-bond donors (Lipinski definition) is 1. The van der Waals surface area contributed by atoms with E-state index in [1.165, 1.54) is 35.2 Å². The maximum Gasteiger partial charge on any atom is 0.254 e. The lowest BCUT2D eigenvalue weighted by atomic mass is 10.1. The van der Waals surface area contributed by atoms with Crippen LogP contribution in [0.3, 0.4) is 0 Å². The number of halogens is 2. The van der Waals surface area contributed by atoms with E-state index < -0.39 is 17.5 Å². The van der Waals surface area contributed by atoms with Crippen LogP contribution in [0.15, 0.2) is 103 Å². The molecule has 1 aromatic heterocycles. The molecule has 0 atom stereocenters. The molecule has 1 heterocycles. The molecule has 41 heavy (non-hydrogen) atoms. The van der Waals surface area contributed by atoms with Gasteiger partial charge < -0.3 is 14.8 Å². The van der Waals surface area contributed by atoms with Crippen LogP contribution < -0.4 is 0 Å². The van der Waals surface area contributed by atoms with E-state index in [2.05, 4.69) is 11.1 Å². The van der Waals surface area contributed by atoms with E-state index in [1.54, 1.807) is 17.0 Å². The quantitative estimate of drug-likeness (QED) is 0.211. The van der Waals surface area contributed by atoms with Gasteiger partial charge in [0.1, 0.15) is 18.2 Å². The molecular formula is C34H31F2N3O2. The van der Waals surface area contributed by atoms with Crippen LogP contribution in [0.4, 0.5) is 8.78 Å². The number of carbonyl (C=O) groups is 2. The third-order valence-electron chi connectivity index (χ3n) is 7.14. The van der Waals surface area contributed by atoms with Crippen molar-refractivity contribution >= 4 is 22.7 Å². The molecule has 0 aliphatic carbocycles. The highest BCUT2D eigenvalue weighted by Gasteiger charge is 2.24. The number of benzene rings is 4. The Labute approximate surface area is 238 Å². The second-order valence-corrected chi connectivity index (χ2v) is 10.2. The number of carbonyl (C=O) groups excluding carboxylic acids is 2. The van der Waals surface area contributed by atoms with Crippen molar-refractivity contribution in [2.24, 2.45) is 0 Å². The normalized spacial score (nSPS) is 11.0. The first kappa shape index (κ1) is 27.8. The molecule has 0 radical (unpaired) electrons. The Morgan fingerprint density at radius 1 is 0.756 bits per heavy atom. The van der Waals surface area contributed by atoms with E-state index in [1.807, 2.05) is 55.6 Å². The lowest BCUT2D eigenvalue weighted by molar-refractivity contribution is -0.132. The number of fused-ring (bicyclic) bond motifs is 1. The van der Waals surface area contributed by atoms with Crippen molar-refractivity contribution in [2.75, 3.05) is 13.1 Å². The highest BCUT2D eigenvalue weighted by molar-refractivity contribution is 5.96. The van der Waals surface area contributed by atoms with E-state index in [0.717, 1.165) is 33.7 Å². The van der Waals surface area contributed by atoms with Gasteiger partial charge in [-0.2, -0.15) is 0 Å². The van der Waals surface area contributed by atoms with Crippen LogP contribution in [0, 0.1) is 18.6 Å². The second-order valence-electron chi connectivity index (χ2n) is 10.2. The molecule has 2 amide bonds. The minimum Gasteiger partial charge on any atom is -0.361 e. The Kier molecular flexibility index (Phi) is 8.53. The summed E-state index contributed by atoms with van der Waals surface area (Å²) in [4.78, 5) is 33.8. The van der Waals surface area contributed by atoms with Crippen molar-refractivity contribution in [2.45, 2.75) is 26.4 Å². The Balaban J connectivity index is 1.40. The van der Waals surface area contributed by atoms with E-state index in [-0.39, 0.29) is 24.6 Å². The van der Waals surface area contributed by atoms with Gasteiger partial charge >= 0.3 is 0 Å². The monoisotopic (exact) mass is 551 g/mol. The molecule has 0 unspecified atom stereocenters. The van der Waals surface area contributed by atoms with E-state index in [0.29, 0.717) is 25.1 Å². The molecule has 0 aliphatic rings. The average molecular weight is 552 g/mol. The van der Waals surface area contributed by atoms with Crippen molar-refractivity contribution in [3.8, 4) is 0 Å². The molecule has 0 spiro atoms. The maximum absolute atomic E-state index is 14.0. The van der Waals surface area contributed by atoms with Gasteiger partial charge in [-0.15, -0.1) is 0 Å². The molecule has 0 aliphatic heterocycles. The predicted octanol–water partition coefficient (Wildman–Crippen LogP) is 6.67. The zero-order valence-electron chi connectivity index (χ0n) is 22.8. The fourth-order valence-corrected chi connectivity index (χ4v) is 4.88. The molecule has 7 heteroatoms. The Hall–Kier alpha value is -4.78. The predicted molar refractivity (Wildman–Crippen MR) is 156 cm³/mol. The van der Waals surface area contributed by atoms with E-state index >= 15 is 0 Å². The Morgan fingerprint density at radius 3 is 2.17 bits per heavy atom. The van der Waals surface area contributed by atoms with Crippen molar-refractivity contribution in [1.82, 2.24) is 14.8 Å². The summed E-state index contributed by atoms with van der Waals surface area (Å²) < 4.78 is 27.5. The first-order valence-corrected chi connectivity index (χ1v) is 13.5. The Morgan fingerprint density at radius 2 is 1.44 bits per heavy atom. The number of H-pyrrole nitrogens is 1. The minimum absolute atomic E-state index is 0.0716. The van der Waals surface area contributed by atoms with Gasteiger partial charge in [0.05, 0.1) is 0 Å². The molecule has 5 aromatic rings. The third-order valence-corrected chi connectivity index (χ3v) is 7.14. The van der Waals surface area contributed by atoms with Crippen molar-refractivity contribution in [1.29, 1.82) is 0 Å². The molecule has 0 saturated heterocycles. The molecule has 0 saturated carbocycles. The molecule has 0 bridgehead atoms. The lowest BCUT2D eigenvalue weighted by Crippen LogP contribution is -2.43. The number of nitrogens with zero attached hydrogens (tertiary/aromatic N) is 2. The van der Waals surface area contributed by atoms with Crippen LogP contribution in [-0.2, 0) is 24.3 Å². The van der Waals surface area contributed by atoms with Gasteiger partial charge in [-0.1, -0.05) is 66.2 Å². The number of aryl methyl sites for hydroxylation is 1. The molecule has 1 N–H and O–H groups in total. The van der Waals surface area contributed by atoms with Crippen LogP contribution in [0.2, 0.25) is 0 Å². The van der Waals surface area contributed by atoms with Gasteiger partial charge in [0.25, 0.3) is 5.91 Å². The van der Waals surface area contributed by atoms with Gasteiger partial charge in [-0.3, -0.25) is 9.59 Å². The topological polar surface area (TPSA) is 56.4 Å². The number of rotatable bonds is 10. The first-order chi connectivity index (χ1) is 19.9. The number of hydrogen-bond acceptors (Lipinski definition) is 2. The Bertz CT molecular complexity index is 1650. The number of nitrogens with one attached hydrogen (secondary N) is 1. The summed E-state index contributed by atoms with van der Waals surface area (Å²) in [5.41, 5.74) is 5.03.